The Labute approximate surface area is 121 Å². The predicted molar refractivity (Wildman–Crippen MR) is 76.3 cm³/mol. The van der Waals surface area contributed by atoms with Gasteiger partial charge in [-0.15, -0.1) is 0 Å². The Balaban J connectivity index is 2.45. The Bertz CT molecular complexity index is 426. The summed E-state index contributed by atoms with van der Waals surface area (Å²) >= 11 is 3.19. The van der Waals surface area contributed by atoms with Crippen molar-refractivity contribution in [2.75, 3.05) is 6.61 Å². The third-order valence-electron chi connectivity index (χ3n) is 2.97. The van der Waals surface area contributed by atoms with Crippen LogP contribution >= 0.6 is 15.9 Å². The van der Waals surface area contributed by atoms with Gasteiger partial charge in [0.05, 0.1) is 0 Å². The minimum absolute atomic E-state index is 0.00716. The zero-order chi connectivity index (χ0) is 14.3. The van der Waals surface area contributed by atoms with Crippen LogP contribution in [0, 0.1) is 5.82 Å². The molecule has 106 valence electrons. The zero-order valence-electron chi connectivity index (χ0n) is 11.0. The average Bonchev–Trinajstić information content (AvgIpc) is 2.37. The van der Waals surface area contributed by atoms with E-state index in [1.54, 1.807) is 12.1 Å². The Morgan fingerprint density at radius 2 is 2.26 bits per heavy atom. The number of rotatable bonds is 7. The Kier molecular flexibility index (Phi) is 7.02. The summed E-state index contributed by atoms with van der Waals surface area (Å²) in [5.41, 5.74) is 0.536. The van der Waals surface area contributed by atoms with Crippen LogP contribution < -0.4 is 5.32 Å². The highest BCUT2D eigenvalue weighted by molar-refractivity contribution is 9.10. The number of aliphatic hydroxyl groups is 1. The van der Waals surface area contributed by atoms with Crippen molar-refractivity contribution in [1.29, 1.82) is 0 Å². The van der Waals surface area contributed by atoms with Gasteiger partial charge in [0.15, 0.2) is 0 Å². The second-order valence-corrected chi connectivity index (χ2v) is 5.34. The monoisotopic (exact) mass is 331 g/mol. The minimum atomic E-state index is -0.301. The van der Waals surface area contributed by atoms with E-state index in [4.69, 9.17) is 5.11 Å². The standard InChI is InChI=1S/C14H19BrFNO2/c1-2-12(7-8-18)17-14(19)6-4-10-3-5-11(15)9-13(10)16/h3,5,9,12,18H,2,4,6-8H2,1H3,(H,17,19). The molecule has 1 unspecified atom stereocenters. The molecular formula is C14H19BrFNO2. The fourth-order valence-corrected chi connectivity index (χ4v) is 2.14. The molecule has 1 rings (SSSR count). The molecule has 0 saturated carbocycles. The van der Waals surface area contributed by atoms with Gasteiger partial charge in [0, 0.05) is 23.5 Å². The lowest BCUT2D eigenvalue weighted by Gasteiger charge is -2.15. The summed E-state index contributed by atoms with van der Waals surface area (Å²) in [4.78, 5) is 11.7. The van der Waals surface area contributed by atoms with E-state index < -0.39 is 0 Å². The van der Waals surface area contributed by atoms with Crippen LogP contribution in [0.5, 0.6) is 0 Å². The molecular weight excluding hydrogens is 313 g/mol. The quantitative estimate of drug-likeness (QED) is 0.807. The van der Waals surface area contributed by atoms with Crippen molar-refractivity contribution in [3.05, 3.63) is 34.1 Å². The smallest absolute Gasteiger partial charge is 0.220 e. The summed E-state index contributed by atoms with van der Waals surface area (Å²) < 4.78 is 14.2. The maximum atomic E-state index is 13.6. The fourth-order valence-electron chi connectivity index (χ4n) is 1.81. The number of benzene rings is 1. The normalized spacial score (nSPS) is 12.2. The maximum absolute atomic E-state index is 13.6. The van der Waals surface area contributed by atoms with E-state index in [2.05, 4.69) is 21.2 Å². The third kappa shape index (κ3) is 5.70. The lowest BCUT2D eigenvalue weighted by atomic mass is 10.1. The molecule has 1 amide bonds. The molecule has 2 N–H and O–H groups in total. The Morgan fingerprint density at radius 1 is 1.53 bits per heavy atom. The fraction of sp³-hybridized carbons (Fsp3) is 0.500. The molecule has 1 atom stereocenters. The minimum Gasteiger partial charge on any atom is -0.396 e. The van der Waals surface area contributed by atoms with Crippen LogP contribution in [-0.4, -0.2) is 23.7 Å². The average molecular weight is 332 g/mol. The van der Waals surface area contributed by atoms with Crippen molar-refractivity contribution < 1.29 is 14.3 Å². The van der Waals surface area contributed by atoms with Crippen LogP contribution in [0.3, 0.4) is 0 Å². The number of amides is 1. The number of aliphatic hydroxyl groups excluding tert-OH is 1. The van der Waals surface area contributed by atoms with Gasteiger partial charge in [0.1, 0.15) is 5.82 Å². The maximum Gasteiger partial charge on any atom is 0.220 e. The Morgan fingerprint density at radius 3 is 2.84 bits per heavy atom. The molecule has 0 aromatic heterocycles. The van der Waals surface area contributed by atoms with Gasteiger partial charge in [0.2, 0.25) is 5.91 Å². The molecule has 3 nitrogen and oxygen atoms in total. The van der Waals surface area contributed by atoms with E-state index in [0.29, 0.717) is 22.9 Å². The summed E-state index contributed by atoms with van der Waals surface area (Å²) in [5, 5.41) is 11.7. The molecule has 0 aliphatic heterocycles. The van der Waals surface area contributed by atoms with E-state index in [1.807, 2.05) is 6.92 Å². The van der Waals surface area contributed by atoms with E-state index in [9.17, 15) is 9.18 Å². The van der Waals surface area contributed by atoms with Crippen molar-refractivity contribution in [2.24, 2.45) is 0 Å². The summed E-state index contributed by atoms with van der Waals surface area (Å²) in [6.45, 7) is 2.01. The van der Waals surface area contributed by atoms with Gasteiger partial charge < -0.3 is 10.4 Å². The molecule has 0 fully saturated rings. The van der Waals surface area contributed by atoms with E-state index >= 15 is 0 Å². The van der Waals surface area contributed by atoms with Gasteiger partial charge in [-0.2, -0.15) is 0 Å². The van der Waals surface area contributed by atoms with Crippen molar-refractivity contribution >= 4 is 21.8 Å². The number of nitrogens with one attached hydrogen (secondary N) is 1. The van der Waals surface area contributed by atoms with Crippen LogP contribution in [0.4, 0.5) is 4.39 Å². The van der Waals surface area contributed by atoms with Gasteiger partial charge in [0.25, 0.3) is 0 Å². The van der Waals surface area contributed by atoms with Gasteiger partial charge in [-0.05, 0) is 37.0 Å². The number of carbonyl (C=O) groups excluding carboxylic acids is 1. The highest BCUT2D eigenvalue weighted by atomic mass is 79.9. The van der Waals surface area contributed by atoms with Crippen molar-refractivity contribution in [3.8, 4) is 0 Å². The third-order valence-corrected chi connectivity index (χ3v) is 3.47. The lowest BCUT2D eigenvalue weighted by Crippen LogP contribution is -2.35. The van der Waals surface area contributed by atoms with Gasteiger partial charge in [-0.1, -0.05) is 28.9 Å². The van der Waals surface area contributed by atoms with Gasteiger partial charge in [-0.3, -0.25) is 4.79 Å². The van der Waals surface area contributed by atoms with Gasteiger partial charge in [-0.25, -0.2) is 4.39 Å². The molecule has 0 radical (unpaired) electrons. The topological polar surface area (TPSA) is 49.3 Å². The van der Waals surface area contributed by atoms with E-state index in [-0.39, 0.29) is 30.8 Å². The Hall–Kier alpha value is -0.940. The number of carbonyl (C=O) groups is 1. The van der Waals surface area contributed by atoms with Crippen molar-refractivity contribution in [3.63, 3.8) is 0 Å². The lowest BCUT2D eigenvalue weighted by molar-refractivity contribution is -0.121. The molecule has 0 spiro atoms. The second kappa shape index (κ2) is 8.27. The molecule has 5 heteroatoms. The first-order valence-corrected chi connectivity index (χ1v) is 7.20. The highest BCUT2D eigenvalue weighted by Gasteiger charge is 2.11. The molecule has 1 aromatic carbocycles. The first kappa shape index (κ1) is 16.1. The number of hydrogen-bond donors (Lipinski definition) is 2. The molecule has 0 bridgehead atoms. The number of aryl methyl sites for hydroxylation is 1. The SMILES string of the molecule is CCC(CCO)NC(=O)CCc1ccc(Br)cc1F. The molecule has 0 aliphatic carbocycles. The molecule has 0 saturated heterocycles. The van der Waals surface area contributed by atoms with Crippen LogP contribution in [0.2, 0.25) is 0 Å². The second-order valence-electron chi connectivity index (χ2n) is 4.42. The molecule has 0 aliphatic rings. The van der Waals surface area contributed by atoms with Crippen LogP contribution in [0.25, 0.3) is 0 Å². The summed E-state index contributed by atoms with van der Waals surface area (Å²) in [6.07, 6.45) is 1.95. The first-order valence-electron chi connectivity index (χ1n) is 6.41. The van der Waals surface area contributed by atoms with E-state index in [0.717, 1.165) is 6.42 Å². The summed E-state index contributed by atoms with van der Waals surface area (Å²) in [5.74, 6) is -0.410. The highest BCUT2D eigenvalue weighted by Crippen LogP contribution is 2.16. The predicted octanol–water partition coefficient (Wildman–Crippen LogP) is 2.80. The van der Waals surface area contributed by atoms with Crippen molar-refractivity contribution in [2.45, 2.75) is 38.6 Å². The van der Waals surface area contributed by atoms with Gasteiger partial charge >= 0.3 is 0 Å². The van der Waals surface area contributed by atoms with Crippen LogP contribution in [-0.2, 0) is 11.2 Å². The largest absolute Gasteiger partial charge is 0.396 e. The molecule has 1 aromatic rings. The first-order chi connectivity index (χ1) is 9.06. The summed E-state index contributed by atoms with van der Waals surface area (Å²) in [6, 6.07) is 4.83. The zero-order valence-corrected chi connectivity index (χ0v) is 12.5. The van der Waals surface area contributed by atoms with E-state index in [1.165, 1.54) is 6.07 Å². The van der Waals surface area contributed by atoms with Crippen LogP contribution in [0.15, 0.2) is 22.7 Å². The summed E-state index contributed by atoms with van der Waals surface area (Å²) in [7, 11) is 0. The number of halogens is 2. The van der Waals surface area contributed by atoms with Crippen LogP contribution in [0.1, 0.15) is 31.7 Å². The molecule has 0 heterocycles. The molecule has 19 heavy (non-hydrogen) atoms. The number of hydrogen-bond acceptors (Lipinski definition) is 2. The van der Waals surface area contributed by atoms with Crippen molar-refractivity contribution in [1.82, 2.24) is 5.32 Å².